The van der Waals surface area contributed by atoms with Crippen LogP contribution in [0.3, 0.4) is 0 Å². The van der Waals surface area contributed by atoms with Crippen molar-refractivity contribution in [1.82, 2.24) is 0 Å². The molecule has 0 unspecified atom stereocenters. The van der Waals surface area contributed by atoms with Crippen molar-refractivity contribution < 1.29 is 59.1 Å². The van der Waals surface area contributed by atoms with E-state index in [2.05, 4.69) is 27.7 Å². The summed E-state index contributed by atoms with van der Waals surface area (Å²) < 4.78 is 0. The summed E-state index contributed by atoms with van der Waals surface area (Å²) in [7, 11) is 0. The molecule has 9 heteroatoms. The van der Waals surface area contributed by atoms with E-state index < -0.39 is 23.9 Å². The molecular formula is C72H140O8Ru. The van der Waals surface area contributed by atoms with E-state index in [0.29, 0.717) is 0 Å². The molecule has 0 atom stereocenters. The van der Waals surface area contributed by atoms with E-state index in [1.54, 1.807) is 0 Å². The maximum atomic E-state index is 10.2. The molecule has 0 bridgehead atoms. The minimum Gasteiger partial charge on any atom is -0.550 e. The Morgan fingerprint density at radius 1 is 0.160 bits per heavy atom. The van der Waals surface area contributed by atoms with E-state index in [1.807, 2.05) is 0 Å². The topological polar surface area (TPSA) is 161 Å². The van der Waals surface area contributed by atoms with Crippen molar-refractivity contribution in [2.45, 2.75) is 439 Å². The third-order valence-electron chi connectivity index (χ3n) is 15.9. The third-order valence-corrected chi connectivity index (χ3v) is 15.9. The molecule has 0 aromatic heterocycles. The van der Waals surface area contributed by atoms with Crippen molar-refractivity contribution >= 4 is 23.9 Å². The van der Waals surface area contributed by atoms with E-state index in [-0.39, 0.29) is 45.2 Å². The fourth-order valence-electron chi connectivity index (χ4n) is 10.6. The largest absolute Gasteiger partial charge is 4.00 e. The van der Waals surface area contributed by atoms with E-state index >= 15 is 0 Å². The Labute approximate surface area is 518 Å². The second-order valence-corrected chi connectivity index (χ2v) is 24.3. The molecule has 0 aromatic rings. The average Bonchev–Trinajstić information content (AvgIpc) is 3.43. The summed E-state index contributed by atoms with van der Waals surface area (Å²) in [6.07, 6.45) is 79.4. The van der Waals surface area contributed by atoms with Gasteiger partial charge in [0.25, 0.3) is 0 Å². The van der Waals surface area contributed by atoms with Crippen LogP contribution in [0.25, 0.3) is 0 Å². The van der Waals surface area contributed by atoms with Crippen LogP contribution in [0.4, 0.5) is 0 Å². The first-order valence-corrected chi connectivity index (χ1v) is 35.9. The van der Waals surface area contributed by atoms with Crippen molar-refractivity contribution in [2.75, 3.05) is 0 Å². The van der Waals surface area contributed by atoms with E-state index in [9.17, 15) is 39.6 Å². The molecule has 0 aromatic carbocycles. The second-order valence-electron chi connectivity index (χ2n) is 24.3. The normalized spacial score (nSPS) is 10.7. The molecule has 0 N–H and O–H groups in total. The number of hydrogen-bond donors (Lipinski definition) is 0. The zero-order valence-corrected chi connectivity index (χ0v) is 56.6. The Morgan fingerprint density at radius 2 is 0.235 bits per heavy atom. The van der Waals surface area contributed by atoms with Crippen molar-refractivity contribution in [3.63, 3.8) is 0 Å². The number of hydrogen-bond acceptors (Lipinski definition) is 8. The second kappa shape index (κ2) is 85.0. The molecule has 8 nitrogen and oxygen atoms in total. The molecule has 0 spiro atoms. The third kappa shape index (κ3) is 104. The van der Waals surface area contributed by atoms with Gasteiger partial charge < -0.3 is 39.6 Å². The first-order chi connectivity index (χ1) is 39.1. The van der Waals surface area contributed by atoms with Crippen LogP contribution in [0.5, 0.6) is 0 Å². The molecule has 0 fully saturated rings. The van der Waals surface area contributed by atoms with Crippen LogP contribution in [0.2, 0.25) is 0 Å². The van der Waals surface area contributed by atoms with Crippen LogP contribution < -0.4 is 20.4 Å². The van der Waals surface area contributed by atoms with Crippen LogP contribution in [0, 0.1) is 0 Å². The molecule has 0 amide bonds. The summed E-state index contributed by atoms with van der Waals surface area (Å²) in [4.78, 5) is 40.9. The molecular weight excluding hydrogens is 1090 g/mol. The molecule has 0 aliphatic carbocycles. The molecule has 0 radical (unpaired) electrons. The van der Waals surface area contributed by atoms with Gasteiger partial charge in [-0.15, -0.1) is 0 Å². The van der Waals surface area contributed by atoms with Gasteiger partial charge in [-0.3, -0.25) is 0 Å². The molecule has 0 saturated carbocycles. The SMILES string of the molecule is CCCCCCCCCCCCCCCCCC(=O)[O-].CCCCCCCCCCCCCCCCCC(=O)[O-].CCCCCCCCCCCCCCCCCC(=O)[O-].CCCCCCCCCCCCCCCCCC(=O)[O-].[Ru+4]. The van der Waals surface area contributed by atoms with E-state index in [4.69, 9.17) is 0 Å². The van der Waals surface area contributed by atoms with Gasteiger partial charge in [-0.05, 0) is 51.4 Å². The van der Waals surface area contributed by atoms with Crippen LogP contribution in [-0.4, -0.2) is 23.9 Å². The number of carboxylic acids is 4. The standard InChI is InChI=1S/4C18H36O2.Ru/c4*1-2-3-4-5-6-7-8-9-10-11-12-13-14-15-16-17-18(19)20;/h4*2-17H2,1H3,(H,19,20);/q;;;;+4/p-4. The first kappa shape index (κ1) is 88.3. The Bertz CT molecular complexity index is 990. The number of carboxylic acid groups (broad SMARTS) is 4. The summed E-state index contributed by atoms with van der Waals surface area (Å²) in [6.45, 7) is 9.07. The van der Waals surface area contributed by atoms with Gasteiger partial charge in [-0.1, -0.05) is 387 Å². The summed E-state index contributed by atoms with van der Waals surface area (Å²) in [6, 6.07) is 0. The van der Waals surface area contributed by atoms with Crippen LogP contribution in [0.15, 0.2) is 0 Å². The van der Waals surface area contributed by atoms with Gasteiger partial charge in [0, 0.05) is 23.9 Å². The number of rotatable bonds is 64. The minimum absolute atomic E-state index is 0. The Hall–Kier alpha value is -1.50. The predicted molar refractivity (Wildman–Crippen MR) is 338 cm³/mol. The number of aliphatic carboxylic acids is 4. The van der Waals surface area contributed by atoms with E-state index in [0.717, 1.165) is 51.4 Å². The van der Waals surface area contributed by atoms with Gasteiger partial charge >= 0.3 is 19.5 Å². The fourth-order valence-corrected chi connectivity index (χ4v) is 10.6. The Morgan fingerprint density at radius 3 is 0.309 bits per heavy atom. The molecule has 0 rings (SSSR count). The fraction of sp³-hybridized carbons (Fsp3) is 0.944. The Kier molecular flexibility index (Phi) is 92.6. The van der Waals surface area contributed by atoms with Crippen LogP contribution in [0.1, 0.15) is 439 Å². The molecule has 0 heterocycles. The first-order valence-electron chi connectivity index (χ1n) is 35.9. The average molecular weight is 1230 g/mol. The number of unbranched alkanes of at least 4 members (excludes halogenated alkanes) is 56. The summed E-state index contributed by atoms with van der Waals surface area (Å²) >= 11 is 0. The van der Waals surface area contributed by atoms with Gasteiger partial charge in [0.2, 0.25) is 0 Å². The monoisotopic (exact) mass is 1230 g/mol. The van der Waals surface area contributed by atoms with Crippen molar-refractivity contribution in [3.05, 3.63) is 0 Å². The van der Waals surface area contributed by atoms with Gasteiger partial charge in [0.05, 0.1) is 0 Å². The minimum atomic E-state index is -0.903. The van der Waals surface area contributed by atoms with Gasteiger partial charge in [0.1, 0.15) is 0 Å². The van der Waals surface area contributed by atoms with Gasteiger partial charge in [-0.2, -0.15) is 0 Å². The smallest absolute Gasteiger partial charge is 0.550 e. The summed E-state index contributed by atoms with van der Waals surface area (Å²) in [5.74, 6) is -3.61. The van der Waals surface area contributed by atoms with Gasteiger partial charge in [0.15, 0.2) is 0 Å². The zero-order chi connectivity index (χ0) is 59.6. The quantitative estimate of drug-likeness (QED) is 0.0430. The van der Waals surface area contributed by atoms with Crippen molar-refractivity contribution in [3.8, 4) is 0 Å². The molecule has 81 heavy (non-hydrogen) atoms. The number of carbonyl (C=O) groups excluding carboxylic acids is 4. The van der Waals surface area contributed by atoms with Crippen LogP contribution >= 0.6 is 0 Å². The van der Waals surface area contributed by atoms with Crippen molar-refractivity contribution in [1.29, 1.82) is 0 Å². The van der Waals surface area contributed by atoms with Gasteiger partial charge in [-0.25, -0.2) is 0 Å². The summed E-state index contributed by atoms with van der Waals surface area (Å²) in [5, 5.41) is 40.9. The maximum absolute atomic E-state index is 10.2. The van der Waals surface area contributed by atoms with Crippen molar-refractivity contribution in [2.24, 2.45) is 0 Å². The number of carbonyl (C=O) groups is 4. The molecule has 0 aliphatic rings. The zero-order valence-electron chi connectivity index (χ0n) is 54.9. The molecule has 0 saturated heterocycles. The molecule has 484 valence electrons. The molecule has 0 aliphatic heterocycles. The van der Waals surface area contributed by atoms with E-state index in [1.165, 1.54) is 334 Å². The van der Waals surface area contributed by atoms with Crippen LogP contribution in [-0.2, 0) is 38.7 Å². The summed E-state index contributed by atoms with van der Waals surface area (Å²) in [5.41, 5.74) is 0. The Balaban J connectivity index is -0.000000316. The predicted octanol–water partition coefficient (Wildman–Crippen LogP) is 20.0. The maximum Gasteiger partial charge on any atom is 4.00 e.